The maximum Gasteiger partial charge on any atom is 0.349 e. The van der Waals surface area contributed by atoms with Crippen molar-refractivity contribution in [3.63, 3.8) is 0 Å². The van der Waals surface area contributed by atoms with Crippen molar-refractivity contribution in [3.8, 4) is 11.3 Å². The average molecular weight is 461 g/mol. The Morgan fingerprint density at radius 3 is 2.55 bits per heavy atom. The number of ether oxygens (including phenoxy) is 1. The predicted octanol–water partition coefficient (Wildman–Crippen LogP) is 3.86. The minimum absolute atomic E-state index is 0.0773. The molecule has 33 heavy (non-hydrogen) atoms. The Kier molecular flexibility index (Phi) is 5.78. The third-order valence-corrected chi connectivity index (χ3v) is 6.96. The maximum absolute atomic E-state index is 13.2. The van der Waals surface area contributed by atoms with Crippen LogP contribution in [0.15, 0.2) is 53.3 Å². The van der Waals surface area contributed by atoms with Gasteiger partial charge in [0.1, 0.15) is 16.0 Å². The van der Waals surface area contributed by atoms with Gasteiger partial charge in [0.2, 0.25) is 0 Å². The molecule has 0 radical (unpaired) electrons. The predicted molar refractivity (Wildman–Crippen MR) is 130 cm³/mol. The number of carbonyl (C=O) groups is 1. The first kappa shape index (κ1) is 21.5. The molecule has 1 aliphatic heterocycles. The van der Waals surface area contributed by atoms with Gasteiger partial charge in [0.15, 0.2) is 10.9 Å². The van der Waals surface area contributed by atoms with Crippen molar-refractivity contribution in [3.05, 3.63) is 75.7 Å². The molecule has 0 amide bonds. The zero-order chi connectivity index (χ0) is 22.9. The Hall–Kier alpha value is -3.36. The largest absolute Gasteiger partial charge is 0.378 e. The van der Waals surface area contributed by atoms with E-state index in [9.17, 15) is 9.59 Å². The molecular formula is C25H24N4O3S. The SMILES string of the molecule is Cc1ccc(C(=O)Cn2c(=O)nc(-c3ccccc3)c3nc(N4CCOCC4)sc32)c(C)c1. The van der Waals surface area contributed by atoms with Gasteiger partial charge in [0.25, 0.3) is 0 Å². The lowest BCUT2D eigenvalue weighted by Crippen LogP contribution is -2.36. The molecule has 1 fully saturated rings. The van der Waals surface area contributed by atoms with Crippen LogP contribution in [0.3, 0.4) is 0 Å². The Morgan fingerprint density at radius 2 is 1.82 bits per heavy atom. The number of ketones is 1. The van der Waals surface area contributed by atoms with Crippen LogP contribution in [0.1, 0.15) is 21.5 Å². The molecule has 0 spiro atoms. The topological polar surface area (TPSA) is 77.3 Å². The van der Waals surface area contributed by atoms with E-state index in [0.717, 1.165) is 34.9 Å². The van der Waals surface area contributed by atoms with Crippen LogP contribution in [0.4, 0.5) is 5.13 Å². The van der Waals surface area contributed by atoms with Gasteiger partial charge in [-0.15, -0.1) is 0 Å². The van der Waals surface area contributed by atoms with Crippen LogP contribution < -0.4 is 10.6 Å². The van der Waals surface area contributed by atoms with Gasteiger partial charge in [-0.1, -0.05) is 65.4 Å². The second kappa shape index (κ2) is 8.88. The van der Waals surface area contributed by atoms with E-state index < -0.39 is 5.69 Å². The van der Waals surface area contributed by atoms with Crippen LogP contribution in [0.2, 0.25) is 0 Å². The molecule has 2 aromatic carbocycles. The lowest BCUT2D eigenvalue weighted by atomic mass is 10.0. The van der Waals surface area contributed by atoms with Gasteiger partial charge >= 0.3 is 5.69 Å². The van der Waals surface area contributed by atoms with Gasteiger partial charge in [-0.25, -0.2) is 9.78 Å². The first-order valence-electron chi connectivity index (χ1n) is 10.9. The number of hydrogen-bond acceptors (Lipinski definition) is 7. The number of anilines is 1. The van der Waals surface area contributed by atoms with Crippen molar-refractivity contribution >= 4 is 32.6 Å². The molecule has 1 aliphatic rings. The van der Waals surface area contributed by atoms with E-state index in [1.54, 1.807) is 0 Å². The molecule has 0 aliphatic carbocycles. The Labute approximate surface area is 195 Å². The Bertz CT molecular complexity index is 1390. The van der Waals surface area contributed by atoms with E-state index in [1.807, 2.05) is 62.4 Å². The lowest BCUT2D eigenvalue weighted by molar-refractivity contribution is 0.0971. The van der Waals surface area contributed by atoms with E-state index >= 15 is 0 Å². The van der Waals surface area contributed by atoms with Gasteiger partial charge in [-0.2, -0.15) is 4.98 Å². The summed E-state index contributed by atoms with van der Waals surface area (Å²) in [6.07, 6.45) is 0. The van der Waals surface area contributed by atoms with E-state index in [0.29, 0.717) is 34.8 Å². The van der Waals surface area contributed by atoms with Gasteiger partial charge in [0, 0.05) is 24.2 Å². The van der Waals surface area contributed by atoms with Gasteiger partial charge in [0.05, 0.1) is 19.8 Å². The van der Waals surface area contributed by atoms with Gasteiger partial charge < -0.3 is 9.64 Å². The van der Waals surface area contributed by atoms with Crippen LogP contribution in [0, 0.1) is 13.8 Å². The zero-order valence-corrected chi connectivity index (χ0v) is 19.4. The number of morpholine rings is 1. The number of nitrogens with zero attached hydrogens (tertiary/aromatic N) is 4. The molecule has 8 heteroatoms. The summed E-state index contributed by atoms with van der Waals surface area (Å²) >= 11 is 1.43. The molecule has 168 valence electrons. The molecule has 0 atom stereocenters. The standard InChI is InChI=1S/C25H24N4O3S/c1-16-8-9-19(17(2)14-16)20(30)15-29-23-22(27-25(33-23)28-10-12-32-13-11-28)21(26-24(29)31)18-6-4-3-5-7-18/h3-9,14H,10-13,15H2,1-2H3. The van der Waals surface area contributed by atoms with Crippen molar-refractivity contribution < 1.29 is 9.53 Å². The molecule has 3 heterocycles. The van der Waals surface area contributed by atoms with Crippen molar-refractivity contribution in [1.29, 1.82) is 0 Å². The average Bonchev–Trinajstić information content (AvgIpc) is 3.27. The summed E-state index contributed by atoms with van der Waals surface area (Å²) in [6, 6.07) is 15.3. The summed E-state index contributed by atoms with van der Waals surface area (Å²) in [5.74, 6) is -0.119. The number of carbonyl (C=O) groups excluding carboxylic acids is 1. The fourth-order valence-corrected chi connectivity index (χ4v) is 5.23. The third kappa shape index (κ3) is 4.19. The van der Waals surface area contributed by atoms with E-state index in [4.69, 9.17) is 9.72 Å². The normalized spacial score (nSPS) is 14.1. The molecule has 0 N–H and O–H groups in total. The Balaban J connectivity index is 1.63. The molecule has 0 unspecified atom stereocenters. The van der Waals surface area contributed by atoms with Crippen LogP contribution in [0.25, 0.3) is 21.6 Å². The summed E-state index contributed by atoms with van der Waals surface area (Å²) in [4.78, 5) is 38.4. The highest BCUT2D eigenvalue weighted by molar-refractivity contribution is 7.22. The number of aromatic nitrogens is 3. The summed E-state index contributed by atoms with van der Waals surface area (Å²) in [7, 11) is 0. The minimum atomic E-state index is -0.448. The van der Waals surface area contributed by atoms with Crippen molar-refractivity contribution in [1.82, 2.24) is 14.5 Å². The maximum atomic E-state index is 13.2. The number of aryl methyl sites for hydroxylation is 2. The van der Waals surface area contributed by atoms with Crippen molar-refractivity contribution in [2.75, 3.05) is 31.2 Å². The van der Waals surface area contributed by atoms with Crippen molar-refractivity contribution in [2.45, 2.75) is 20.4 Å². The number of thiazole rings is 1. The summed E-state index contributed by atoms with van der Waals surface area (Å²) in [6.45, 7) is 6.57. The lowest BCUT2D eigenvalue weighted by Gasteiger charge is -2.25. The van der Waals surface area contributed by atoms with Gasteiger partial charge in [-0.3, -0.25) is 9.36 Å². The molecule has 1 saturated heterocycles. The zero-order valence-electron chi connectivity index (χ0n) is 18.6. The number of rotatable bonds is 5. The Morgan fingerprint density at radius 1 is 1.06 bits per heavy atom. The van der Waals surface area contributed by atoms with Crippen LogP contribution in [-0.2, 0) is 11.3 Å². The number of hydrogen-bond donors (Lipinski definition) is 0. The van der Waals surface area contributed by atoms with Crippen LogP contribution >= 0.6 is 11.3 Å². The highest BCUT2D eigenvalue weighted by atomic mass is 32.1. The van der Waals surface area contributed by atoms with Crippen LogP contribution in [-0.4, -0.2) is 46.6 Å². The molecule has 7 nitrogen and oxygen atoms in total. The van der Waals surface area contributed by atoms with Crippen molar-refractivity contribution in [2.24, 2.45) is 0 Å². The molecule has 4 aromatic rings. The second-order valence-corrected chi connectivity index (χ2v) is 9.14. The minimum Gasteiger partial charge on any atom is -0.378 e. The highest BCUT2D eigenvalue weighted by Crippen LogP contribution is 2.33. The van der Waals surface area contributed by atoms with Crippen LogP contribution in [0.5, 0.6) is 0 Å². The summed E-state index contributed by atoms with van der Waals surface area (Å²) in [5, 5.41) is 0.811. The number of fused-ring (bicyclic) bond motifs is 1. The molecule has 0 saturated carbocycles. The number of benzene rings is 2. The summed E-state index contributed by atoms with van der Waals surface area (Å²) in [5.41, 5.74) is 4.17. The first-order valence-corrected chi connectivity index (χ1v) is 11.7. The van der Waals surface area contributed by atoms with E-state index in [-0.39, 0.29) is 12.3 Å². The van der Waals surface area contributed by atoms with E-state index in [1.165, 1.54) is 15.9 Å². The molecule has 0 bridgehead atoms. The quantitative estimate of drug-likeness (QED) is 0.421. The molecular weight excluding hydrogens is 436 g/mol. The number of Topliss-reactive ketones (excluding diaryl/α,β-unsaturated/α-hetero) is 1. The monoisotopic (exact) mass is 460 g/mol. The molecule has 2 aromatic heterocycles. The fraction of sp³-hybridized carbons (Fsp3) is 0.280. The summed E-state index contributed by atoms with van der Waals surface area (Å²) < 4.78 is 6.94. The fourth-order valence-electron chi connectivity index (χ4n) is 4.12. The smallest absolute Gasteiger partial charge is 0.349 e. The highest BCUT2D eigenvalue weighted by Gasteiger charge is 2.23. The van der Waals surface area contributed by atoms with Gasteiger partial charge in [-0.05, 0) is 19.4 Å². The van der Waals surface area contributed by atoms with E-state index in [2.05, 4.69) is 9.88 Å². The third-order valence-electron chi connectivity index (χ3n) is 5.82. The second-order valence-electron chi connectivity index (χ2n) is 8.19. The first-order chi connectivity index (χ1) is 16.0. The molecule has 5 rings (SSSR count).